The van der Waals surface area contributed by atoms with E-state index in [0.717, 1.165) is 0 Å². The topological polar surface area (TPSA) is 51.2 Å². The molecule has 0 bridgehead atoms. The SMILES string of the molecule is O=C(NOc1ccccc1S)c1ccncc1. The van der Waals surface area contributed by atoms with Gasteiger partial charge >= 0.3 is 0 Å². The van der Waals surface area contributed by atoms with E-state index >= 15 is 0 Å². The van der Waals surface area contributed by atoms with Gasteiger partial charge in [0.1, 0.15) is 0 Å². The molecule has 0 radical (unpaired) electrons. The number of thiol groups is 1. The molecule has 4 nitrogen and oxygen atoms in total. The number of rotatable bonds is 3. The van der Waals surface area contributed by atoms with Crippen molar-refractivity contribution in [3.63, 3.8) is 0 Å². The van der Waals surface area contributed by atoms with Gasteiger partial charge in [-0.3, -0.25) is 9.78 Å². The predicted molar refractivity (Wildman–Crippen MR) is 66.0 cm³/mol. The van der Waals surface area contributed by atoms with Gasteiger partial charge in [-0.2, -0.15) is 5.48 Å². The molecular formula is C12H10N2O2S. The number of carbonyl (C=O) groups excluding carboxylic acids is 1. The van der Waals surface area contributed by atoms with Gasteiger partial charge in [-0.1, -0.05) is 12.1 Å². The van der Waals surface area contributed by atoms with E-state index < -0.39 is 0 Å². The lowest BCUT2D eigenvalue weighted by Gasteiger charge is -2.08. The summed E-state index contributed by atoms with van der Waals surface area (Å²) >= 11 is 4.20. The third-order valence-corrected chi connectivity index (χ3v) is 2.43. The number of amides is 1. The summed E-state index contributed by atoms with van der Waals surface area (Å²) in [5.41, 5.74) is 2.82. The molecule has 1 N–H and O–H groups in total. The molecular weight excluding hydrogens is 236 g/mol. The zero-order chi connectivity index (χ0) is 12.1. The van der Waals surface area contributed by atoms with Crippen LogP contribution >= 0.6 is 12.6 Å². The molecule has 0 saturated carbocycles. The quantitative estimate of drug-likeness (QED) is 0.644. The summed E-state index contributed by atoms with van der Waals surface area (Å²) in [6, 6.07) is 10.3. The van der Waals surface area contributed by atoms with Crippen molar-refractivity contribution in [1.29, 1.82) is 0 Å². The number of nitrogens with one attached hydrogen (secondary N) is 1. The molecule has 1 aromatic carbocycles. The highest BCUT2D eigenvalue weighted by Crippen LogP contribution is 2.20. The van der Waals surface area contributed by atoms with Crippen LogP contribution in [-0.4, -0.2) is 10.9 Å². The smallest absolute Gasteiger partial charge is 0.284 e. The lowest BCUT2D eigenvalue weighted by Crippen LogP contribution is -2.27. The van der Waals surface area contributed by atoms with Crippen molar-refractivity contribution < 1.29 is 9.63 Å². The van der Waals surface area contributed by atoms with Gasteiger partial charge < -0.3 is 4.84 Å². The predicted octanol–water partition coefficient (Wildman–Crippen LogP) is 2.09. The summed E-state index contributed by atoms with van der Waals surface area (Å²) in [7, 11) is 0. The Morgan fingerprint density at radius 2 is 1.88 bits per heavy atom. The van der Waals surface area contributed by atoms with Gasteiger partial charge in [-0.25, -0.2) is 0 Å². The summed E-state index contributed by atoms with van der Waals surface area (Å²) in [6.45, 7) is 0. The standard InChI is InChI=1S/C12H10N2O2S/c15-12(9-5-7-13-8-6-9)14-16-10-3-1-2-4-11(10)17/h1-8,17H,(H,14,15). The fraction of sp³-hybridized carbons (Fsp3) is 0. The van der Waals surface area contributed by atoms with Crippen LogP contribution in [0.3, 0.4) is 0 Å². The normalized spacial score (nSPS) is 9.71. The first-order chi connectivity index (χ1) is 8.27. The Morgan fingerprint density at radius 1 is 1.18 bits per heavy atom. The minimum atomic E-state index is -0.330. The molecule has 1 heterocycles. The number of pyridine rings is 1. The molecule has 0 aliphatic heterocycles. The van der Waals surface area contributed by atoms with E-state index in [0.29, 0.717) is 16.2 Å². The fourth-order valence-corrected chi connectivity index (χ4v) is 1.41. The van der Waals surface area contributed by atoms with Crippen LogP contribution in [0, 0.1) is 0 Å². The fourth-order valence-electron chi connectivity index (χ4n) is 1.21. The molecule has 17 heavy (non-hydrogen) atoms. The van der Waals surface area contributed by atoms with E-state index in [-0.39, 0.29) is 5.91 Å². The van der Waals surface area contributed by atoms with Crippen LogP contribution in [-0.2, 0) is 0 Å². The highest BCUT2D eigenvalue weighted by molar-refractivity contribution is 7.80. The van der Waals surface area contributed by atoms with E-state index in [1.165, 1.54) is 0 Å². The van der Waals surface area contributed by atoms with Crippen molar-refractivity contribution >= 4 is 18.5 Å². The third-order valence-electron chi connectivity index (χ3n) is 2.06. The molecule has 5 heteroatoms. The van der Waals surface area contributed by atoms with Crippen LogP contribution < -0.4 is 10.3 Å². The van der Waals surface area contributed by atoms with Gasteiger partial charge in [-0.15, -0.1) is 12.6 Å². The molecule has 0 saturated heterocycles. The Kier molecular flexibility index (Phi) is 3.62. The molecule has 0 atom stereocenters. The van der Waals surface area contributed by atoms with E-state index in [1.807, 2.05) is 6.07 Å². The van der Waals surface area contributed by atoms with Crippen molar-refractivity contribution in [2.75, 3.05) is 0 Å². The Hall–Kier alpha value is -2.01. The Bertz CT molecular complexity index is 517. The number of benzene rings is 1. The van der Waals surface area contributed by atoms with E-state index in [4.69, 9.17) is 4.84 Å². The average molecular weight is 246 g/mol. The molecule has 0 fully saturated rings. The van der Waals surface area contributed by atoms with E-state index in [1.54, 1.807) is 42.7 Å². The number of para-hydroxylation sites is 1. The molecule has 1 amide bonds. The second kappa shape index (κ2) is 5.36. The van der Waals surface area contributed by atoms with Gasteiger partial charge in [0.25, 0.3) is 5.91 Å². The van der Waals surface area contributed by atoms with Crippen LogP contribution in [0.5, 0.6) is 5.75 Å². The number of hydrogen-bond acceptors (Lipinski definition) is 4. The maximum absolute atomic E-state index is 11.6. The number of hydrogen-bond donors (Lipinski definition) is 2. The van der Waals surface area contributed by atoms with Crippen molar-refractivity contribution in [2.45, 2.75) is 4.90 Å². The number of nitrogens with zero attached hydrogens (tertiary/aromatic N) is 1. The van der Waals surface area contributed by atoms with E-state index in [2.05, 4.69) is 23.1 Å². The Balaban J connectivity index is 2.00. The van der Waals surface area contributed by atoms with Crippen molar-refractivity contribution in [3.8, 4) is 5.75 Å². The number of carbonyl (C=O) groups is 1. The highest BCUT2D eigenvalue weighted by Gasteiger charge is 2.06. The minimum Gasteiger partial charge on any atom is -0.378 e. The van der Waals surface area contributed by atoms with Crippen molar-refractivity contribution in [2.24, 2.45) is 0 Å². The zero-order valence-corrected chi connectivity index (χ0v) is 9.72. The van der Waals surface area contributed by atoms with Crippen LogP contribution in [0.15, 0.2) is 53.7 Å². The zero-order valence-electron chi connectivity index (χ0n) is 8.83. The lowest BCUT2D eigenvalue weighted by molar-refractivity contribution is 0.0754. The molecule has 0 aliphatic rings. The second-order valence-electron chi connectivity index (χ2n) is 3.24. The molecule has 2 aromatic rings. The lowest BCUT2D eigenvalue weighted by atomic mass is 10.3. The monoisotopic (exact) mass is 246 g/mol. The van der Waals surface area contributed by atoms with Crippen LogP contribution in [0.4, 0.5) is 0 Å². The van der Waals surface area contributed by atoms with E-state index in [9.17, 15) is 4.79 Å². The third kappa shape index (κ3) is 2.98. The first-order valence-corrected chi connectivity index (χ1v) is 5.37. The summed E-state index contributed by atoms with van der Waals surface area (Å²) in [5, 5.41) is 0. The van der Waals surface area contributed by atoms with Crippen molar-refractivity contribution in [1.82, 2.24) is 10.5 Å². The van der Waals surface area contributed by atoms with Gasteiger partial charge in [0.2, 0.25) is 0 Å². The van der Waals surface area contributed by atoms with Crippen LogP contribution in [0.2, 0.25) is 0 Å². The Morgan fingerprint density at radius 3 is 2.59 bits per heavy atom. The summed E-state index contributed by atoms with van der Waals surface area (Å²) in [4.78, 5) is 21.3. The molecule has 1 aromatic heterocycles. The first kappa shape index (κ1) is 11.5. The summed E-state index contributed by atoms with van der Waals surface area (Å²) < 4.78 is 0. The van der Waals surface area contributed by atoms with Gasteiger partial charge in [0.05, 0.1) is 0 Å². The number of hydroxylamine groups is 1. The van der Waals surface area contributed by atoms with Gasteiger partial charge in [-0.05, 0) is 24.3 Å². The van der Waals surface area contributed by atoms with Crippen LogP contribution in [0.25, 0.3) is 0 Å². The Labute approximate surface area is 104 Å². The number of aromatic nitrogens is 1. The van der Waals surface area contributed by atoms with Gasteiger partial charge in [0, 0.05) is 22.9 Å². The molecule has 0 aliphatic carbocycles. The maximum Gasteiger partial charge on any atom is 0.284 e. The maximum atomic E-state index is 11.6. The van der Waals surface area contributed by atoms with Crippen molar-refractivity contribution in [3.05, 3.63) is 54.4 Å². The second-order valence-corrected chi connectivity index (χ2v) is 3.72. The first-order valence-electron chi connectivity index (χ1n) is 4.92. The average Bonchev–Trinajstić information content (AvgIpc) is 2.38. The van der Waals surface area contributed by atoms with Gasteiger partial charge in [0.15, 0.2) is 5.75 Å². The molecule has 86 valence electrons. The molecule has 2 rings (SSSR count). The highest BCUT2D eigenvalue weighted by atomic mass is 32.1. The minimum absolute atomic E-state index is 0.330. The molecule has 0 unspecified atom stereocenters. The summed E-state index contributed by atoms with van der Waals surface area (Å²) in [5.74, 6) is 0.169. The molecule has 0 spiro atoms. The summed E-state index contributed by atoms with van der Waals surface area (Å²) in [6.07, 6.45) is 3.09. The van der Waals surface area contributed by atoms with Crippen LogP contribution in [0.1, 0.15) is 10.4 Å². The largest absolute Gasteiger partial charge is 0.378 e.